The van der Waals surface area contributed by atoms with Crippen LogP contribution in [0.25, 0.3) is 0 Å². The molecule has 1 atom stereocenters. The molecular formula is C36H62N2O11. The van der Waals surface area contributed by atoms with Crippen LogP contribution in [-0.2, 0) is 43.1 Å². The molecule has 0 saturated carbocycles. The number of unbranched alkanes of at least 4 members (excludes halogenated alkanes) is 15. The van der Waals surface area contributed by atoms with E-state index >= 15 is 0 Å². The van der Waals surface area contributed by atoms with Crippen molar-refractivity contribution in [2.45, 2.75) is 155 Å². The molecule has 13 nitrogen and oxygen atoms in total. The maximum atomic E-state index is 13.4. The quantitative estimate of drug-likeness (QED) is 0.0408. The van der Waals surface area contributed by atoms with Crippen molar-refractivity contribution in [2.24, 2.45) is 5.41 Å². The molecule has 3 N–H and O–H groups in total. The Balaban J connectivity index is 2.41. The number of amides is 3. The number of carboxylic acids is 2. The number of hydrogen-bond acceptors (Lipinski definition) is 9. The van der Waals surface area contributed by atoms with E-state index in [9.17, 15) is 33.9 Å². The Labute approximate surface area is 292 Å². The molecule has 3 amide bonds. The van der Waals surface area contributed by atoms with Gasteiger partial charge in [0.25, 0.3) is 11.8 Å². The number of carboxylic acid groups (broad SMARTS) is 2. The van der Waals surface area contributed by atoms with Gasteiger partial charge in [-0.1, -0.05) is 110 Å². The molecule has 13 heteroatoms. The molecule has 0 spiro atoms. The number of imide groups is 1. The lowest BCUT2D eigenvalue weighted by molar-refractivity contribution is -0.198. The second-order valence-electron chi connectivity index (χ2n) is 13.0. The first kappa shape index (κ1) is 44.0. The first-order valence-corrected chi connectivity index (χ1v) is 18.6. The second-order valence-corrected chi connectivity index (χ2v) is 13.0. The molecule has 49 heavy (non-hydrogen) atoms. The molecule has 0 aromatic rings. The molecule has 0 bridgehead atoms. The van der Waals surface area contributed by atoms with E-state index in [-0.39, 0.29) is 65.1 Å². The van der Waals surface area contributed by atoms with Crippen molar-refractivity contribution in [2.75, 3.05) is 33.0 Å². The lowest BCUT2D eigenvalue weighted by Gasteiger charge is -2.28. The van der Waals surface area contributed by atoms with Gasteiger partial charge in [0.1, 0.15) is 5.41 Å². The lowest BCUT2D eigenvalue weighted by Crippen LogP contribution is -2.47. The van der Waals surface area contributed by atoms with Crippen molar-refractivity contribution in [1.29, 1.82) is 0 Å². The van der Waals surface area contributed by atoms with Gasteiger partial charge in [0.15, 0.2) is 0 Å². The molecule has 0 radical (unpaired) electrons. The summed E-state index contributed by atoms with van der Waals surface area (Å²) < 4.78 is 10.8. The van der Waals surface area contributed by atoms with Crippen LogP contribution in [0.2, 0.25) is 0 Å². The highest BCUT2D eigenvalue weighted by atomic mass is 16.7. The summed E-state index contributed by atoms with van der Waals surface area (Å²) in [7, 11) is 0. The van der Waals surface area contributed by atoms with Gasteiger partial charge in [-0.05, 0) is 19.3 Å². The summed E-state index contributed by atoms with van der Waals surface area (Å²) in [6.07, 6.45) is 17.6. The maximum Gasteiger partial charge on any atom is 0.335 e. The van der Waals surface area contributed by atoms with Gasteiger partial charge in [-0.25, -0.2) is 4.79 Å². The third-order valence-corrected chi connectivity index (χ3v) is 8.85. The van der Waals surface area contributed by atoms with E-state index in [0.29, 0.717) is 30.7 Å². The van der Waals surface area contributed by atoms with Crippen LogP contribution in [-0.4, -0.2) is 83.9 Å². The topological polar surface area (TPSA) is 186 Å². The molecule has 282 valence electrons. The van der Waals surface area contributed by atoms with E-state index < -0.39 is 41.0 Å². The van der Waals surface area contributed by atoms with Crippen molar-refractivity contribution in [3.05, 3.63) is 0 Å². The zero-order chi connectivity index (χ0) is 36.2. The predicted octanol–water partition coefficient (Wildman–Crippen LogP) is 6.11. The normalized spacial score (nSPS) is 14.2. The molecular weight excluding hydrogens is 636 g/mol. The van der Waals surface area contributed by atoms with Crippen LogP contribution < -0.4 is 5.32 Å². The summed E-state index contributed by atoms with van der Waals surface area (Å²) in [4.78, 5) is 76.3. The second kappa shape index (κ2) is 27.7. The van der Waals surface area contributed by atoms with Gasteiger partial charge in [0.05, 0.1) is 32.8 Å². The van der Waals surface area contributed by atoms with E-state index in [1.54, 1.807) is 0 Å². The fourth-order valence-electron chi connectivity index (χ4n) is 5.85. The van der Waals surface area contributed by atoms with E-state index in [1.807, 2.05) is 0 Å². The lowest BCUT2D eigenvalue weighted by atomic mass is 9.76. The third-order valence-electron chi connectivity index (χ3n) is 8.85. The fraction of sp³-hybridized carbons (Fsp3) is 0.833. The van der Waals surface area contributed by atoms with Gasteiger partial charge in [0, 0.05) is 25.8 Å². The Bertz CT molecular complexity index is 974. The minimum absolute atomic E-state index is 0.0158. The summed E-state index contributed by atoms with van der Waals surface area (Å²) in [6, 6.07) is 0. The molecule has 0 aliphatic carbocycles. The Kier molecular flexibility index (Phi) is 24.9. The van der Waals surface area contributed by atoms with Crippen LogP contribution in [0.1, 0.15) is 155 Å². The molecule has 1 fully saturated rings. The highest BCUT2D eigenvalue weighted by Crippen LogP contribution is 2.33. The predicted molar refractivity (Wildman–Crippen MR) is 182 cm³/mol. The number of hydroxylamine groups is 2. The Morgan fingerprint density at radius 2 is 1.12 bits per heavy atom. The summed E-state index contributed by atoms with van der Waals surface area (Å²) in [5.74, 6) is -4.17. The van der Waals surface area contributed by atoms with Gasteiger partial charge in [-0.3, -0.25) is 24.0 Å². The van der Waals surface area contributed by atoms with E-state index in [4.69, 9.17) is 19.4 Å². The first-order chi connectivity index (χ1) is 23.6. The van der Waals surface area contributed by atoms with Crippen molar-refractivity contribution in [3.63, 3.8) is 0 Å². The Morgan fingerprint density at radius 3 is 1.61 bits per heavy atom. The van der Waals surface area contributed by atoms with Crippen LogP contribution >= 0.6 is 0 Å². The number of nitrogens with zero attached hydrogens (tertiary/aromatic N) is 1. The molecule has 1 saturated heterocycles. The Morgan fingerprint density at radius 1 is 0.653 bits per heavy atom. The van der Waals surface area contributed by atoms with Gasteiger partial charge in [0.2, 0.25) is 5.91 Å². The fourth-order valence-corrected chi connectivity index (χ4v) is 5.85. The maximum absolute atomic E-state index is 13.4. The molecule has 1 aliphatic heterocycles. The van der Waals surface area contributed by atoms with Crippen LogP contribution in [0, 0.1) is 5.41 Å². The zero-order valence-electron chi connectivity index (χ0n) is 29.8. The number of carbonyl (C=O) groups excluding carboxylic acids is 4. The minimum atomic E-state index is -1.49. The van der Waals surface area contributed by atoms with Gasteiger partial charge < -0.3 is 29.8 Å². The summed E-state index contributed by atoms with van der Waals surface area (Å²) >= 11 is 0. The third kappa shape index (κ3) is 20.3. The average Bonchev–Trinajstić information content (AvgIpc) is 3.38. The number of aliphatic carboxylic acids is 2. The van der Waals surface area contributed by atoms with Gasteiger partial charge in [-0.2, -0.15) is 0 Å². The number of ether oxygens (including phenoxy) is 2. The standard InChI is InChI=1S/C36H62N2O11/c1-2-3-4-5-6-8-11-14-17-23-36(35(45)46,24-18-15-12-9-7-10-13-16-19-32(41)42)34(44)37-25-27-48-29-28-47-26-22-33(43)49-38-30(39)20-21-31(38)40/h2-29H2,1H3,(H,37,44)(H,41,42)(H,45,46). The summed E-state index contributed by atoms with van der Waals surface area (Å²) in [5.41, 5.74) is -1.49. The average molecular weight is 699 g/mol. The number of carbonyl (C=O) groups is 6. The highest BCUT2D eigenvalue weighted by molar-refractivity contribution is 6.02. The molecule has 1 rings (SSSR count). The van der Waals surface area contributed by atoms with Crippen LogP contribution in [0.4, 0.5) is 0 Å². The van der Waals surface area contributed by atoms with E-state index in [0.717, 1.165) is 57.8 Å². The molecule has 1 unspecified atom stereocenters. The van der Waals surface area contributed by atoms with E-state index in [2.05, 4.69) is 12.2 Å². The van der Waals surface area contributed by atoms with Gasteiger partial charge in [-0.15, -0.1) is 5.06 Å². The molecule has 0 aromatic carbocycles. The van der Waals surface area contributed by atoms with Crippen molar-refractivity contribution >= 4 is 35.6 Å². The largest absolute Gasteiger partial charge is 0.481 e. The number of rotatable bonds is 33. The molecule has 0 aromatic heterocycles. The smallest absolute Gasteiger partial charge is 0.335 e. The monoisotopic (exact) mass is 698 g/mol. The summed E-state index contributed by atoms with van der Waals surface area (Å²) in [5, 5.41) is 22.3. The van der Waals surface area contributed by atoms with Gasteiger partial charge >= 0.3 is 17.9 Å². The van der Waals surface area contributed by atoms with Crippen LogP contribution in [0.15, 0.2) is 0 Å². The Hall–Kier alpha value is -3.06. The van der Waals surface area contributed by atoms with Crippen LogP contribution in [0.5, 0.6) is 0 Å². The zero-order valence-corrected chi connectivity index (χ0v) is 29.8. The van der Waals surface area contributed by atoms with Crippen molar-refractivity contribution in [1.82, 2.24) is 10.4 Å². The number of hydrogen-bond donors (Lipinski definition) is 3. The SMILES string of the molecule is CCCCCCCCCCCC(CCCCCCCCCCC(=O)O)(C(=O)O)C(=O)NCCOCCOCCC(=O)ON1C(=O)CCC1=O. The molecule has 1 heterocycles. The minimum Gasteiger partial charge on any atom is -0.481 e. The van der Waals surface area contributed by atoms with E-state index in [1.165, 1.54) is 32.1 Å². The number of nitrogens with one attached hydrogen (secondary N) is 1. The van der Waals surface area contributed by atoms with Crippen molar-refractivity contribution in [3.8, 4) is 0 Å². The molecule has 1 aliphatic rings. The van der Waals surface area contributed by atoms with Crippen LogP contribution in [0.3, 0.4) is 0 Å². The summed E-state index contributed by atoms with van der Waals surface area (Å²) in [6.45, 7) is 2.88. The highest BCUT2D eigenvalue weighted by Gasteiger charge is 2.44. The first-order valence-electron chi connectivity index (χ1n) is 18.6. The van der Waals surface area contributed by atoms with Crippen molar-refractivity contribution < 1.29 is 53.3 Å².